The Hall–Kier alpha value is -2.90. The molecule has 1 aromatic carbocycles. The molecule has 0 spiro atoms. The summed E-state index contributed by atoms with van der Waals surface area (Å²) in [7, 11) is 2.14. The highest BCUT2D eigenvalue weighted by atomic mass is 16.5. The second kappa shape index (κ2) is 12.0. The number of carbonyl (C=O) groups is 2. The van der Waals surface area contributed by atoms with Crippen molar-refractivity contribution in [1.82, 2.24) is 19.7 Å². The van der Waals surface area contributed by atoms with Crippen molar-refractivity contribution in [3.05, 3.63) is 64.5 Å². The molecule has 1 unspecified atom stereocenters. The molecule has 0 radical (unpaired) electrons. The molecule has 3 rings (SSSR count). The lowest BCUT2D eigenvalue weighted by Crippen LogP contribution is -2.47. The van der Waals surface area contributed by atoms with Crippen molar-refractivity contribution < 1.29 is 14.3 Å². The normalized spacial score (nSPS) is 16.0. The molecular formula is C27H38N4O3. The fourth-order valence-electron chi connectivity index (χ4n) is 4.63. The van der Waals surface area contributed by atoms with Crippen LogP contribution in [0.15, 0.2) is 36.4 Å². The van der Waals surface area contributed by atoms with Gasteiger partial charge in [-0.1, -0.05) is 30.3 Å². The smallest absolute Gasteiger partial charge is 0.340 e. The van der Waals surface area contributed by atoms with E-state index >= 15 is 0 Å². The first-order valence-corrected chi connectivity index (χ1v) is 12.2. The van der Waals surface area contributed by atoms with Crippen molar-refractivity contribution in [2.24, 2.45) is 0 Å². The standard InChI is InChI=1S/C27H38N4O3/c1-6-31-20(3)23(26(21(31)4)27(33)34-7-2)13-14-25(32)28-24(22-11-9-8-10-12-22)19-30-17-15-29(5)16-18-30/h8-14,24H,6-7,15-19H2,1-5H3,(H,28,32)/b14-13+. The fourth-order valence-corrected chi connectivity index (χ4v) is 4.63. The Kier molecular flexibility index (Phi) is 9.07. The molecule has 1 amide bonds. The Morgan fingerprint density at radius 3 is 2.35 bits per heavy atom. The molecular weight excluding hydrogens is 428 g/mol. The molecule has 0 saturated carbocycles. The number of amides is 1. The van der Waals surface area contributed by atoms with Crippen LogP contribution < -0.4 is 5.32 Å². The Balaban J connectivity index is 1.80. The van der Waals surface area contributed by atoms with Gasteiger partial charge in [-0.3, -0.25) is 9.69 Å². The van der Waals surface area contributed by atoms with Crippen molar-refractivity contribution >= 4 is 18.0 Å². The van der Waals surface area contributed by atoms with Crippen LogP contribution in [0.1, 0.15) is 52.8 Å². The van der Waals surface area contributed by atoms with E-state index in [-0.39, 0.29) is 17.9 Å². The van der Waals surface area contributed by atoms with Crippen molar-refractivity contribution in [1.29, 1.82) is 0 Å². The summed E-state index contributed by atoms with van der Waals surface area (Å²) in [5.41, 5.74) is 4.16. The predicted octanol–water partition coefficient (Wildman–Crippen LogP) is 3.42. The van der Waals surface area contributed by atoms with Gasteiger partial charge in [0, 0.05) is 62.3 Å². The number of benzene rings is 1. The molecule has 0 aliphatic carbocycles. The van der Waals surface area contributed by atoms with E-state index < -0.39 is 0 Å². The summed E-state index contributed by atoms with van der Waals surface area (Å²) < 4.78 is 7.36. The number of nitrogens with one attached hydrogen (secondary N) is 1. The Morgan fingerprint density at radius 1 is 1.06 bits per heavy atom. The number of likely N-dealkylation sites (N-methyl/N-ethyl adjacent to an activating group) is 1. The molecule has 34 heavy (non-hydrogen) atoms. The summed E-state index contributed by atoms with van der Waals surface area (Å²) in [4.78, 5) is 30.4. The van der Waals surface area contributed by atoms with Crippen molar-refractivity contribution in [2.75, 3.05) is 46.4 Å². The fraction of sp³-hybridized carbons (Fsp3) is 0.481. The average molecular weight is 467 g/mol. The zero-order valence-electron chi connectivity index (χ0n) is 21.1. The summed E-state index contributed by atoms with van der Waals surface area (Å²) >= 11 is 0. The largest absolute Gasteiger partial charge is 0.462 e. The van der Waals surface area contributed by atoms with E-state index in [0.29, 0.717) is 12.2 Å². The van der Waals surface area contributed by atoms with Gasteiger partial charge in [-0.2, -0.15) is 0 Å². The van der Waals surface area contributed by atoms with Crippen molar-refractivity contribution in [3.8, 4) is 0 Å². The average Bonchev–Trinajstić information content (AvgIpc) is 3.08. The number of nitrogens with zero attached hydrogens (tertiary/aromatic N) is 3. The van der Waals surface area contributed by atoms with Crippen LogP contribution in [-0.4, -0.2) is 72.6 Å². The number of rotatable bonds is 9. The molecule has 1 saturated heterocycles. The van der Waals surface area contributed by atoms with Gasteiger partial charge in [-0.15, -0.1) is 0 Å². The molecule has 1 fully saturated rings. The van der Waals surface area contributed by atoms with Gasteiger partial charge in [-0.25, -0.2) is 4.79 Å². The summed E-state index contributed by atoms with van der Waals surface area (Å²) in [5.74, 6) is -0.535. The maximum absolute atomic E-state index is 13.0. The molecule has 2 aromatic rings. The molecule has 1 aromatic heterocycles. The topological polar surface area (TPSA) is 66.8 Å². The third-order valence-electron chi connectivity index (χ3n) is 6.58. The second-order valence-electron chi connectivity index (χ2n) is 8.83. The van der Waals surface area contributed by atoms with E-state index in [2.05, 4.69) is 38.9 Å². The first-order valence-electron chi connectivity index (χ1n) is 12.2. The number of hydrogen-bond donors (Lipinski definition) is 1. The maximum Gasteiger partial charge on any atom is 0.340 e. The minimum absolute atomic E-state index is 0.116. The summed E-state index contributed by atoms with van der Waals surface area (Å²) in [6.45, 7) is 13.6. The number of hydrogen-bond acceptors (Lipinski definition) is 5. The lowest BCUT2D eigenvalue weighted by atomic mass is 10.1. The quantitative estimate of drug-likeness (QED) is 0.453. The number of ether oxygens (including phenoxy) is 1. The molecule has 1 aliphatic rings. The SMILES string of the molecule is CCOC(=O)c1c(/C=C/C(=O)NC(CN2CCN(C)CC2)c2ccccc2)c(C)n(CC)c1C. The van der Waals surface area contributed by atoms with Crippen LogP contribution in [0.4, 0.5) is 0 Å². The lowest BCUT2D eigenvalue weighted by Gasteiger charge is -2.34. The van der Waals surface area contributed by atoms with Crippen LogP contribution in [0.25, 0.3) is 6.08 Å². The third kappa shape index (κ3) is 6.15. The highest BCUT2D eigenvalue weighted by Gasteiger charge is 2.23. The number of aromatic nitrogens is 1. The molecule has 1 N–H and O–H groups in total. The van der Waals surface area contributed by atoms with Crippen LogP contribution in [0.2, 0.25) is 0 Å². The van der Waals surface area contributed by atoms with Crippen LogP contribution in [0.5, 0.6) is 0 Å². The molecule has 1 atom stereocenters. The van der Waals surface area contributed by atoms with Gasteiger partial charge >= 0.3 is 5.97 Å². The van der Waals surface area contributed by atoms with E-state index in [0.717, 1.165) is 61.8 Å². The van der Waals surface area contributed by atoms with Crippen molar-refractivity contribution in [2.45, 2.75) is 40.3 Å². The van der Waals surface area contributed by atoms with Gasteiger partial charge in [0.1, 0.15) is 0 Å². The number of carbonyl (C=O) groups excluding carboxylic acids is 2. The van der Waals surface area contributed by atoms with E-state index in [1.165, 1.54) is 6.08 Å². The first-order chi connectivity index (χ1) is 16.3. The maximum atomic E-state index is 13.0. The van der Waals surface area contributed by atoms with Crippen LogP contribution in [0.3, 0.4) is 0 Å². The first kappa shape index (κ1) is 25.7. The zero-order valence-corrected chi connectivity index (χ0v) is 21.1. The van der Waals surface area contributed by atoms with Crippen LogP contribution in [-0.2, 0) is 16.1 Å². The van der Waals surface area contributed by atoms with E-state index in [9.17, 15) is 9.59 Å². The Labute approximate surface area is 203 Å². The zero-order chi connectivity index (χ0) is 24.7. The van der Waals surface area contributed by atoms with E-state index in [1.807, 2.05) is 39.0 Å². The predicted molar refractivity (Wildman–Crippen MR) is 136 cm³/mol. The van der Waals surface area contributed by atoms with Crippen LogP contribution in [0, 0.1) is 13.8 Å². The Bertz CT molecular complexity index is 1000. The highest BCUT2D eigenvalue weighted by Crippen LogP contribution is 2.25. The summed E-state index contributed by atoms with van der Waals surface area (Å²) in [5, 5.41) is 3.19. The van der Waals surface area contributed by atoms with Gasteiger partial charge < -0.3 is 19.5 Å². The highest BCUT2D eigenvalue weighted by molar-refractivity contribution is 5.99. The lowest BCUT2D eigenvalue weighted by molar-refractivity contribution is -0.117. The Morgan fingerprint density at radius 2 is 1.74 bits per heavy atom. The molecule has 7 heteroatoms. The number of esters is 1. The van der Waals surface area contributed by atoms with Gasteiger partial charge in [0.05, 0.1) is 18.2 Å². The molecule has 7 nitrogen and oxygen atoms in total. The molecule has 184 valence electrons. The molecule has 2 heterocycles. The second-order valence-corrected chi connectivity index (χ2v) is 8.83. The third-order valence-corrected chi connectivity index (χ3v) is 6.58. The van der Waals surface area contributed by atoms with Crippen LogP contribution >= 0.6 is 0 Å². The van der Waals surface area contributed by atoms with Gasteiger partial charge in [0.25, 0.3) is 0 Å². The monoisotopic (exact) mass is 466 g/mol. The van der Waals surface area contributed by atoms with E-state index in [4.69, 9.17) is 4.74 Å². The molecule has 0 bridgehead atoms. The van der Waals surface area contributed by atoms with E-state index in [1.54, 1.807) is 13.0 Å². The molecule has 1 aliphatic heterocycles. The van der Waals surface area contributed by atoms with Gasteiger partial charge in [0.2, 0.25) is 5.91 Å². The van der Waals surface area contributed by atoms with Gasteiger partial charge in [-0.05, 0) is 46.4 Å². The van der Waals surface area contributed by atoms with Gasteiger partial charge in [0.15, 0.2) is 0 Å². The van der Waals surface area contributed by atoms with Crippen molar-refractivity contribution in [3.63, 3.8) is 0 Å². The summed E-state index contributed by atoms with van der Waals surface area (Å²) in [6.07, 6.45) is 3.28. The minimum atomic E-state index is -0.354. The minimum Gasteiger partial charge on any atom is -0.462 e. The summed E-state index contributed by atoms with van der Waals surface area (Å²) in [6, 6.07) is 9.98. The number of piperazine rings is 1.